The minimum atomic E-state index is -0.440. The summed E-state index contributed by atoms with van der Waals surface area (Å²) in [6.07, 6.45) is 1.96. The molecule has 0 amide bonds. The number of carbonyl (C=O) groups excluding carboxylic acids is 1. The first-order valence-corrected chi connectivity index (χ1v) is 6.21. The maximum Gasteiger partial charge on any atom is 0.342 e. The zero-order chi connectivity index (χ0) is 13.0. The van der Waals surface area contributed by atoms with Crippen LogP contribution in [0.3, 0.4) is 0 Å². The van der Waals surface area contributed by atoms with E-state index in [2.05, 4.69) is 0 Å². The van der Waals surface area contributed by atoms with E-state index in [9.17, 15) is 4.79 Å². The minimum Gasteiger partial charge on any atom is -0.496 e. The van der Waals surface area contributed by atoms with Gasteiger partial charge in [-0.25, -0.2) is 4.79 Å². The third kappa shape index (κ3) is 3.15. The first-order valence-electron chi connectivity index (χ1n) is 5.83. The van der Waals surface area contributed by atoms with Crippen LogP contribution in [0, 0.1) is 0 Å². The molecule has 0 aromatic heterocycles. The Bertz CT molecular complexity index is 427. The van der Waals surface area contributed by atoms with Crippen molar-refractivity contribution in [3.8, 4) is 5.75 Å². The molecule has 0 bridgehead atoms. The minimum absolute atomic E-state index is 0.0131. The second-order valence-corrected chi connectivity index (χ2v) is 4.51. The van der Waals surface area contributed by atoms with E-state index in [1.54, 1.807) is 12.1 Å². The molecule has 1 heterocycles. The van der Waals surface area contributed by atoms with Gasteiger partial charge < -0.3 is 14.2 Å². The topological polar surface area (TPSA) is 44.8 Å². The molecule has 1 aliphatic rings. The fraction of sp³-hybridized carbons (Fsp3) is 0.462. The number of ether oxygens (including phenoxy) is 3. The molecule has 4 nitrogen and oxygen atoms in total. The van der Waals surface area contributed by atoms with Gasteiger partial charge in [-0.05, 0) is 31.0 Å². The number of halogens is 1. The highest BCUT2D eigenvalue weighted by molar-refractivity contribution is 6.31. The predicted molar refractivity (Wildman–Crippen MR) is 67.3 cm³/mol. The Labute approximate surface area is 111 Å². The number of esters is 1. The Hall–Kier alpha value is -1.26. The molecule has 1 saturated heterocycles. The van der Waals surface area contributed by atoms with Crippen LogP contribution in [-0.4, -0.2) is 32.4 Å². The van der Waals surface area contributed by atoms with Crippen molar-refractivity contribution in [3.63, 3.8) is 0 Å². The van der Waals surface area contributed by atoms with Gasteiger partial charge in [-0.3, -0.25) is 0 Å². The summed E-state index contributed by atoms with van der Waals surface area (Å²) in [5.74, 6) is 0.0154. The SMILES string of the molecule is COc1ccc(Cl)cc1C(=O)OCC1CCCO1. The first kappa shape index (κ1) is 13.2. The smallest absolute Gasteiger partial charge is 0.342 e. The Morgan fingerprint density at radius 1 is 1.56 bits per heavy atom. The van der Waals surface area contributed by atoms with Crippen molar-refractivity contribution in [1.82, 2.24) is 0 Å². The number of benzene rings is 1. The van der Waals surface area contributed by atoms with Gasteiger partial charge in [-0.2, -0.15) is 0 Å². The van der Waals surface area contributed by atoms with E-state index >= 15 is 0 Å². The molecule has 5 heteroatoms. The standard InChI is InChI=1S/C13H15ClO4/c1-16-12-5-4-9(14)7-11(12)13(15)18-8-10-3-2-6-17-10/h4-5,7,10H,2-3,6,8H2,1H3. The third-order valence-electron chi connectivity index (χ3n) is 2.81. The van der Waals surface area contributed by atoms with E-state index in [-0.39, 0.29) is 12.7 Å². The van der Waals surface area contributed by atoms with Crippen LogP contribution >= 0.6 is 11.6 Å². The molecule has 1 atom stereocenters. The van der Waals surface area contributed by atoms with Crippen LogP contribution in [0.15, 0.2) is 18.2 Å². The highest BCUT2D eigenvalue weighted by atomic mass is 35.5. The van der Waals surface area contributed by atoms with E-state index in [0.717, 1.165) is 19.4 Å². The molecule has 0 spiro atoms. The maximum absolute atomic E-state index is 11.9. The molecule has 1 unspecified atom stereocenters. The van der Waals surface area contributed by atoms with E-state index in [4.69, 9.17) is 25.8 Å². The van der Waals surface area contributed by atoms with Gasteiger partial charge in [-0.1, -0.05) is 11.6 Å². The van der Waals surface area contributed by atoms with Crippen LogP contribution < -0.4 is 4.74 Å². The van der Waals surface area contributed by atoms with Gasteiger partial charge in [-0.15, -0.1) is 0 Å². The first-order chi connectivity index (χ1) is 8.70. The van der Waals surface area contributed by atoms with Crippen LogP contribution in [0.25, 0.3) is 0 Å². The summed E-state index contributed by atoms with van der Waals surface area (Å²) in [5, 5.41) is 0.472. The van der Waals surface area contributed by atoms with Crippen molar-refractivity contribution in [2.24, 2.45) is 0 Å². The second kappa shape index (κ2) is 6.07. The number of methoxy groups -OCH3 is 1. The number of rotatable bonds is 4. The van der Waals surface area contributed by atoms with Gasteiger partial charge in [0.05, 0.1) is 13.2 Å². The Morgan fingerprint density at radius 3 is 3.06 bits per heavy atom. The third-order valence-corrected chi connectivity index (χ3v) is 3.04. The van der Waals surface area contributed by atoms with Crippen LogP contribution in [0.5, 0.6) is 5.75 Å². The van der Waals surface area contributed by atoms with Gasteiger partial charge in [0.1, 0.15) is 17.9 Å². The molecule has 1 fully saturated rings. The fourth-order valence-corrected chi connectivity index (χ4v) is 2.03. The predicted octanol–water partition coefficient (Wildman–Crippen LogP) is 2.68. The molecular formula is C13H15ClO4. The average Bonchev–Trinajstić information content (AvgIpc) is 2.89. The summed E-state index contributed by atoms with van der Waals surface area (Å²) < 4.78 is 15.7. The zero-order valence-electron chi connectivity index (χ0n) is 10.1. The molecule has 0 N–H and O–H groups in total. The van der Waals surface area contributed by atoms with Crippen molar-refractivity contribution < 1.29 is 19.0 Å². The van der Waals surface area contributed by atoms with Crippen LogP contribution in [0.1, 0.15) is 23.2 Å². The van der Waals surface area contributed by atoms with Gasteiger partial charge in [0.2, 0.25) is 0 Å². The quantitative estimate of drug-likeness (QED) is 0.789. The van der Waals surface area contributed by atoms with Crippen molar-refractivity contribution >= 4 is 17.6 Å². The van der Waals surface area contributed by atoms with Crippen molar-refractivity contribution in [1.29, 1.82) is 0 Å². The normalized spacial score (nSPS) is 18.7. The fourth-order valence-electron chi connectivity index (χ4n) is 1.86. The van der Waals surface area contributed by atoms with Crippen molar-refractivity contribution in [2.45, 2.75) is 18.9 Å². The molecule has 0 saturated carbocycles. The average molecular weight is 271 g/mol. The largest absolute Gasteiger partial charge is 0.496 e. The summed E-state index contributed by atoms with van der Waals surface area (Å²) in [6, 6.07) is 4.85. The van der Waals surface area contributed by atoms with E-state index in [1.165, 1.54) is 13.2 Å². The molecule has 0 radical (unpaired) electrons. The number of hydrogen-bond donors (Lipinski definition) is 0. The van der Waals surface area contributed by atoms with Crippen LogP contribution in [0.4, 0.5) is 0 Å². The summed E-state index contributed by atoms with van der Waals surface area (Å²) in [4.78, 5) is 11.9. The Kier molecular flexibility index (Phi) is 4.44. The summed E-state index contributed by atoms with van der Waals surface area (Å²) in [5.41, 5.74) is 0.336. The number of hydrogen-bond acceptors (Lipinski definition) is 4. The summed E-state index contributed by atoms with van der Waals surface area (Å²) in [7, 11) is 1.50. The van der Waals surface area contributed by atoms with E-state index in [1.807, 2.05) is 0 Å². The Morgan fingerprint density at radius 2 is 2.39 bits per heavy atom. The maximum atomic E-state index is 11.9. The van der Waals surface area contributed by atoms with Crippen LogP contribution in [-0.2, 0) is 9.47 Å². The molecule has 1 aromatic carbocycles. The molecular weight excluding hydrogens is 256 g/mol. The van der Waals surface area contributed by atoms with Crippen molar-refractivity contribution in [2.75, 3.05) is 20.3 Å². The zero-order valence-corrected chi connectivity index (χ0v) is 10.9. The highest BCUT2D eigenvalue weighted by Crippen LogP contribution is 2.23. The molecule has 0 aliphatic carbocycles. The molecule has 2 rings (SSSR count). The monoisotopic (exact) mass is 270 g/mol. The molecule has 1 aromatic rings. The lowest BCUT2D eigenvalue weighted by Gasteiger charge is -2.12. The molecule has 98 valence electrons. The van der Waals surface area contributed by atoms with Gasteiger partial charge in [0, 0.05) is 11.6 Å². The number of carbonyl (C=O) groups is 1. The lowest BCUT2D eigenvalue weighted by atomic mass is 10.2. The summed E-state index contributed by atoms with van der Waals surface area (Å²) >= 11 is 5.86. The van der Waals surface area contributed by atoms with Crippen molar-refractivity contribution in [3.05, 3.63) is 28.8 Å². The van der Waals surface area contributed by atoms with E-state index < -0.39 is 5.97 Å². The van der Waals surface area contributed by atoms with Crippen LogP contribution in [0.2, 0.25) is 5.02 Å². The Balaban J connectivity index is 2.00. The molecule has 18 heavy (non-hydrogen) atoms. The lowest BCUT2D eigenvalue weighted by Crippen LogP contribution is -2.18. The van der Waals surface area contributed by atoms with Gasteiger partial charge >= 0.3 is 5.97 Å². The highest BCUT2D eigenvalue weighted by Gasteiger charge is 2.20. The van der Waals surface area contributed by atoms with Gasteiger partial charge in [0.25, 0.3) is 0 Å². The summed E-state index contributed by atoms with van der Waals surface area (Å²) in [6.45, 7) is 1.01. The van der Waals surface area contributed by atoms with E-state index in [0.29, 0.717) is 16.3 Å². The lowest BCUT2D eigenvalue weighted by molar-refractivity contribution is 0.0159. The van der Waals surface area contributed by atoms with Gasteiger partial charge in [0.15, 0.2) is 0 Å². The molecule has 1 aliphatic heterocycles. The second-order valence-electron chi connectivity index (χ2n) is 4.08.